The van der Waals surface area contributed by atoms with Gasteiger partial charge in [-0.1, -0.05) is 19.9 Å². The molecule has 1 aliphatic rings. The van der Waals surface area contributed by atoms with Crippen molar-refractivity contribution in [3.05, 3.63) is 52.7 Å². The lowest BCUT2D eigenvalue weighted by molar-refractivity contribution is -0.660. The van der Waals surface area contributed by atoms with E-state index in [0.29, 0.717) is 17.0 Å². The maximum Gasteiger partial charge on any atom is 0.212 e. The van der Waals surface area contributed by atoms with Gasteiger partial charge in [-0.15, -0.1) is 0 Å². The van der Waals surface area contributed by atoms with Crippen molar-refractivity contribution in [2.45, 2.75) is 46.4 Å². The number of benzene rings is 1. The van der Waals surface area contributed by atoms with Crippen molar-refractivity contribution in [1.82, 2.24) is 0 Å². The molecule has 0 aliphatic heterocycles. The van der Waals surface area contributed by atoms with Crippen LogP contribution in [-0.4, -0.2) is 0 Å². The third-order valence-corrected chi connectivity index (χ3v) is 4.04. The molecule has 0 amide bonds. The summed E-state index contributed by atoms with van der Waals surface area (Å²) in [5.41, 5.74) is 5.25. The first kappa shape index (κ1) is 10.2. The van der Waals surface area contributed by atoms with Crippen molar-refractivity contribution in [3.63, 3.8) is 0 Å². The maximum atomic E-state index is 8.24. The largest absolute Gasteiger partial charge is 0.212 e. The molecule has 0 fully saturated rings. The first-order chi connectivity index (χ1) is 11.5. The number of aryl methyl sites for hydroxylation is 4. The fourth-order valence-electron chi connectivity index (χ4n) is 3.05. The minimum atomic E-state index is -1.63. The Morgan fingerprint density at radius 2 is 1.90 bits per heavy atom. The summed E-state index contributed by atoms with van der Waals surface area (Å²) in [5.74, 6) is 0.599. The van der Waals surface area contributed by atoms with Crippen LogP contribution in [0.4, 0.5) is 0 Å². The molecule has 0 atom stereocenters. The molecule has 1 heterocycles. The van der Waals surface area contributed by atoms with E-state index in [1.165, 1.54) is 5.56 Å². The number of rotatable bonds is 3. The van der Waals surface area contributed by atoms with E-state index in [9.17, 15) is 0 Å². The van der Waals surface area contributed by atoms with E-state index in [4.69, 9.17) is 5.48 Å². The minimum absolute atomic E-state index is 0.113. The standard InChI is InChI=1S/C20H26N/c1-14(2)10-16-8-9-20(21(4)13-16)19-12-18-7-5-6-17(18)11-15(19)3/h8-9,11-14H,5-7,10H2,1-4H3/q+1/i6D2,7D2. The molecular weight excluding hydrogens is 254 g/mol. The van der Waals surface area contributed by atoms with Crippen molar-refractivity contribution in [1.29, 1.82) is 0 Å². The topological polar surface area (TPSA) is 3.88 Å². The third kappa shape index (κ3) is 2.88. The predicted molar refractivity (Wildman–Crippen MR) is 88.4 cm³/mol. The molecule has 3 rings (SSSR count). The first-order valence-corrected chi connectivity index (χ1v) is 7.66. The number of hydrogen-bond donors (Lipinski definition) is 0. The molecule has 110 valence electrons. The normalized spacial score (nSPS) is 21.4. The minimum Gasteiger partial charge on any atom is -0.201 e. The Morgan fingerprint density at radius 3 is 2.57 bits per heavy atom. The van der Waals surface area contributed by atoms with Gasteiger partial charge in [-0.25, -0.2) is 4.57 Å². The van der Waals surface area contributed by atoms with Gasteiger partial charge >= 0.3 is 0 Å². The highest BCUT2D eigenvalue weighted by molar-refractivity contribution is 5.64. The van der Waals surface area contributed by atoms with E-state index in [2.05, 4.69) is 36.7 Å². The molecule has 1 nitrogen and oxygen atoms in total. The van der Waals surface area contributed by atoms with E-state index in [1.54, 1.807) is 0 Å². The van der Waals surface area contributed by atoms with Gasteiger partial charge in [-0.2, -0.15) is 0 Å². The van der Waals surface area contributed by atoms with Crippen LogP contribution in [0.15, 0.2) is 30.5 Å². The second-order valence-electron chi connectivity index (χ2n) is 6.37. The van der Waals surface area contributed by atoms with Gasteiger partial charge in [0, 0.05) is 22.7 Å². The number of pyridine rings is 1. The van der Waals surface area contributed by atoms with E-state index >= 15 is 0 Å². The van der Waals surface area contributed by atoms with Crippen molar-refractivity contribution in [2.75, 3.05) is 0 Å². The second kappa shape index (κ2) is 5.63. The van der Waals surface area contributed by atoms with Crippen molar-refractivity contribution in [2.24, 2.45) is 13.0 Å². The lowest BCUT2D eigenvalue weighted by Crippen LogP contribution is -2.31. The van der Waals surface area contributed by atoms with Crippen LogP contribution in [0.3, 0.4) is 0 Å². The summed E-state index contributed by atoms with van der Waals surface area (Å²) in [7, 11) is 2.01. The molecule has 0 spiro atoms. The highest BCUT2D eigenvalue weighted by atomic mass is 14.9. The number of fused-ring (bicyclic) bond motifs is 1. The SMILES string of the molecule is [2H]C1([2H])CC([2H])([2H])c2cc(-c3ccc(CC(C)C)c[n+]3C)c(C)cc21. The van der Waals surface area contributed by atoms with Gasteiger partial charge < -0.3 is 0 Å². The summed E-state index contributed by atoms with van der Waals surface area (Å²) in [4.78, 5) is 0. The molecule has 1 aromatic carbocycles. The lowest BCUT2D eigenvalue weighted by atomic mass is 9.97. The molecule has 0 N–H and O–H groups in total. The fourth-order valence-corrected chi connectivity index (χ4v) is 3.05. The highest BCUT2D eigenvalue weighted by Crippen LogP contribution is 2.30. The Morgan fingerprint density at radius 1 is 1.19 bits per heavy atom. The molecule has 1 heteroatoms. The van der Waals surface area contributed by atoms with Gasteiger partial charge in [0.05, 0.1) is 0 Å². The smallest absolute Gasteiger partial charge is 0.201 e. The van der Waals surface area contributed by atoms with Crippen LogP contribution < -0.4 is 4.57 Å². The Bertz CT molecular complexity index is 825. The number of aromatic nitrogens is 1. The summed E-state index contributed by atoms with van der Waals surface area (Å²) >= 11 is 0. The average molecular weight is 284 g/mol. The van der Waals surface area contributed by atoms with Crippen LogP contribution in [0.1, 0.15) is 48.0 Å². The number of nitrogens with zero attached hydrogens (tertiary/aromatic N) is 1. The van der Waals surface area contributed by atoms with Gasteiger partial charge in [0.15, 0.2) is 6.20 Å². The Kier molecular flexibility index (Phi) is 2.72. The Labute approximate surface area is 134 Å². The molecule has 21 heavy (non-hydrogen) atoms. The van der Waals surface area contributed by atoms with Crippen LogP contribution in [-0.2, 0) is 26.2 Å². The molecule has 1 aromatic heterocycles. The zero-order valence-electron chi connectivity index (χ0n) is 17.3. The van der Waals surface area contributed by atoms with Crippen molar-refractivity contribution < 1.29 is 10.1 Å². The van der Waals surface area contributed by atoms with E-state index in [1.807, 2.05) is 26.1 Å². The quantitative estimate of drug-likeness (QED) is 0.745. The predicted octanol–water partition coefficient (Wildman–Crippen LogP) is 4.17. The van der Waals surface area contributed by atoms with Crippen molar-refractivity contribution >= 4 is 0 Å². The second-order valence-corrected chi connectivity index (χ2v) is 6.37. The summed E-state index contributed by atoms with van der Waals surface area (Å²) in [6.07, 6.45) is -0.184. The molecule has 2 aromatic rings. The summed E-state index contributed by atoms with van der Waals surface area (Å²) in [6.45, 7) is 6.38. The maximum absolute atomic E-state index is 8.24. The first-order valence-electron chi connectivity index (χ1n) is 9.66. The monoisotopic (exact) mass is 284 g/mol. The Balaban J connectivity index is 2.11. The molecular formula is C20H26N+. The fraction of sp³-hybridized carbons (Fsp3) is 0.450. The van der Waals surface area contributed by atoms with Gasteiger partial charge in [-0.05, 0) is 67.3 Å². The van der Waals surface area contributed by atoms with Crippen molar-refractivity contribution in [3.8, 4) is 11.3 Å². The van der Waals surface area contributed by atoms with Crippen LogP contribution in [0.5, 0.6) is 0 Å². The number of hydrogen-bond acceptors (Lipinski definition) is 0. The summed E-state index contributed by atoms with van der Waals surface area (Å²) in [6, 6.07) is 7.91. The highest BCUT2D eigenvalue weighted by Gasteiger charge is 2.18. The zero-order chi connectivity index (χ0) is 18.6. The van der Waals surface area contributed by atoms with Gasteiger partial charge in [0.2, 0.25) is 5.69 Å². The molecule has 1 aliphatic carbocycles. The Hall–Kier alpha value is -1.63. The molecule has 0 saturated carbocycles. The van der Waals surface area contributed by atoms with Crippen LogP contribution in [0.25, 0.3) is 11.3 Å². The van der Waals surface area contributed by atoms with E-state index < -0.39 is 12.7 Å². The van der Waals surface area contributed by atoms with Crippen LogP contribution >= 0.6 is 0 Å². The van der Waals surface area contributed by atoms with E-state index in [0.717, 1.165) is 23.2 Å². The zero-order valence-corrected chi connectivity index (χ0v) is 13.3. The average Bonchev–Trinajstić information content (AvgIpc) is 2.63. The molecule has 0 saturated heterocycles. The molecule has 0 unspecified atom stereocenters. The van der Waals surface area contributed by atoms with Gasteiger partial charge in [0.25, 0.3) is 0 Å². The van der Waals surface area contributed by atoms with Crippen LogP contribution in [0.2, 0.25) is 0 Å². The van der Waals surface area contributed by atoms with Gasteiger partial charge in [-0.3, -0.25) is 0 Å². The van der Waals surface area contributed by atoms with Gasteiger partial charge in [0.1, 0.15) is 7.05 Å². The third-order valence-electron chi connectivity index (χ3n) is 4.04. The lowest BCUT2D eigenvalue weighted by Gasteiger charge is -2.10. The summed E-state index contributed by atoms with van der Waals surface area (Å²) < 4.78 is 34.9. The van der Waals surface area contributed by atoms with E-state index in [-0.39, 0.29) is 6.42 Å². The molecule has 0 bridgehead atoms. The summed E-state index contributed by atoms with van der Waals surface area (Å²) in [5, 5.41) is 0. The molecule has 0 radical (unpaired) electrons. The van der Waals surface area contributed by atoms with Crippen LogP contribution in [0, 0.1) is 12.8 Å².